The van der Waals surface area contributed by atoms with Gasteiger partial charge in [0, 0.05) is 44.4 Å². The van der Waals surface area contributed by atoms with Crippen LogP contribution in [0.1, 0.15) is 36.2 Å². The van der Waals surface area contributed by atoms with E-state index in [4.69, 9.17) is 5.10 Å². The zero-order valence-electron chi connectivity index (χ0n) is 18.6. The topological polar surface area (TPSA) is 85.9 Å². The second kappa shape index (κ2) is 8.40. The molecule has 0 N–H and O–H groups in total. The standard InChI is InChI=1S/C21H28N6O2S2/c1-6-27-20(22-23-21(27)30-7-2)19-17-13-26(9-8-18(17)25(5)24-19)31(28,29)16-11-14(3)10-15(4)12-16/h10-12H,6-9,13H2,1-5H3. The number of thioether (sulfide) groups is 1. The van der Waals surface area contributed by atoms with Crippen molar-refractivity contribution >= 4 is 21.8 Å². The highest BCUT2D eigenvalue weighted by atomic mass is 32.2. The SMILES string of the molecule is CCSc1nnc(-c2nn(C)c3c2CN(S(=O)(=O)c2cc(C)cc(C)c2)CC3)n1CC. The fourth-order valence-corrected chi connectivity index (χ4v) is 6.49. The van der Waals surface area contributed by atoms with Crippen molar-refractivity contribution in [2.75, 3.05) is 12.3 Å². The summed E-state index contributed by atoms with van der Waals surface area (Å²) in [6.45, 7) is 9.40. The van der Waals surface area contributed by atoms with E-state index < -0.39 is 10.0 Å². The first-order valence-corrected chi connectivity index (χ1v) is 12.9. The summed E-state index contributed by atoms with van der Waals surface area (Å²) in [5, 5.41) is 14.3. The highest BCUT2D eigenvalue weighted by molar-refractivity contribution is 7.99. The molecule has 0 amide bonds. The lowest BCUT2D eigenvalue weighted by Gasteiger charge is -2.27. The van der Waals surface area contributed by atoms with E-state index in [0.717, 1.165) is 45.5 Å². The van der Waals surface area contributed by atoms with Crippen LogP contribution < -0.4 is 0 Å². The number of aromatic nitrogens is 5. The van der Waals surface area contributed by atoms with E-state index in [-0.39, 0.29) is 6.54 Å². The average Bonchev–Trinajstić information content (AvgIpc) is 3.27. The van der Waals surface area contributed by atoms with Crippen LogP contribution in [0.4, 0.5) is 0 Å². The van der Waals surface area contributed by atoms with Gasteiger partial charge in [-0.25, -0.2) is 8.42 Å². The summed E-state index contributed by atoms with van der Waals surface area (Å²) in [5.74, 6) is 1.60. The Balaban J connectivity index is 1.75. The molecule has 4 rings (SSSR count). The molecule has 3 aromatic rings. The Morgan fingerprint density at radius 1 is 1.10 bits per heavy atom. The minimum atomic E-state index is -3.61. The third-order valence-corrected chi connectivity index (χ3v) is 8.23. The summed E-state index contributed by atoms with van der Waals surface area (Å²) < 4.78 is 32.3. The van der Waals surface area contributed by atoms with Crippen LogP contribution in [0.3, 0.4) is 0 Å². The van der Waals surface area contributed by atoms with Gasteiger partial charge in [0.1, 0.15) is 5.69 Å². The van der Waals surface area contributed by atoms with Crippen molar-refractivity contribution in [1.82, 2.24) is 28.9 Å². The zero-order chi connectivity index (χ0) is 22.3. The van der Waals surface area contributed by atoms with Gasteiger partial charge >= 0.3 is 0 Å². The lowest BCUT2D eigenvalue weighted by atomic mass is 10.1. The molecule has 0 saturated carbocycles. The van der Waals surface area contributed by atoms with E-state index in [0.29, 0.717) is 23.7 Å². The molecule has 2 aromatic heterocycles. The molecule has 31 heavy (non-hydrogen) atoms. The summed E-state index contributed by atoms with van der Waals surface area (Å²) in [4.78, 5) is 0.345. The molecule has 0 bridgehead atoms. The first kappa shape index (κ1) is 22.0. The molecule has 166 valence electrons. The highest BCUT2D eigenvalue weighted by Gasteiger charge is 2.33. The summed E-state index contributed by atoms with van der Waals surface area (Å²) >= 11 is 1.64. The van der Waals surface area contributed by atoms with Crippen LogP contribution in [0.5, 0.6) is 0 Å². The lowest BCUT2D eigenvalue weighted by molar-refractivity contribution is 0.386. The van der Waals surface area contributed by atoms with E-state index >= 15 is 0 Å². The van der Waals surface area contributed by atoms with Gasteiger partial charge in [-0.1, -0.05) is 24.8 Å². The summed E-state index contributed by atoms with van der Waals surface area (Å²) in [6, 6.07) is 5.46. The van der Waals surface area contributed by atoms with Crippen LogP contribution in [0.25, 0.3) is 11.5 Å². The first-order chi connectivity index (χ1) is 14.8. The molecule has 8 nitrogen and oxygen atoms in total. The highest BCUT2D eigenvalue weighted by Crippen LogP contribution is 2.33. The van der Waals surface area contributed by atoms with Crippen molar-refractivity contribution in [3.8, 4) is 11.5 Å². The lowest BCUT2D eigenvalue weighted by Crippen LogP contribution is -2.36. The largest absolute Gasteiger partial charge is 0.301 e. The van der Waals surface area contributed by atoms with Crippen LogP contribution >= 0.6 is 11.8 Å². The van der Waals surface area contributed by atoms with Gasteiger partial charge in [0.05, 0.1) is 4.90 Å². The Morgan fingerprint density at radius 3 is 2.45 bits per heavy atom. The monoisotopic (exact) mass is 460 g/mol. The normalized spacial score (nSPS) is 14.7. The fourth-order valence-electron chi connectivity index (χ4n) is 4.17. The number of hydrogen-bond donors (Lipinski definition) is 0. The van der Waals surface area contributed by atoms with E-state index in [9.17, 15) is 8.42 Å². The van der Waals surface area contributed by atoms with Crippen LogP contribution in [0, 0.1) is 13.8 Å². The van der Waals surface area contributed by atoms with E-state index in [1.807, 2.05) is 36.2 Å². The van der Waals surface area contributed by atoms with E-state index in [1.165, 1.54) is 0 Å². The van der Waals surface area contributed by atoms with Gasteiger partial charge in [0.15, 0.2) is 11.0 Å². The minimum absolute atomic E-state index is 0.278. The summed E-state index contributed by atoms with van der Waals surface area (Å²) in [7, 11) is -1.70. The molecule has 0 saturated heterocycles. The molecule has 0 unspecified atom stereocenters. The smallest absolute Gasteiger partial charge is 0.243 e. The fraction of sp³-hybridized carbons (Fsp3) is 0.476. The van der Waals surface area contributed by atoms with Gasteiger partial charge in [-0.15, -0.1) is 10.2 Å². The summed E-state index contributed by atoms with van der Waals surface area (Å²) in [6.07, 6.45) is 0.611. The maximum atomic E-state index is 13.4. The molecule has 1 aliphatic rings. The third-order valence-electron chi connectivity index (χ3n) is 5.56. The maximum absolute atomic E-state index is 13.4. The molecule has 1 aliphatic heterocycles. The molecule has 0 aliphatic carbocycles. The van der Waals surface area contributed by atoms with Gasteiger partial charge in [0.25, 0.3) is 0 Å². The Bertz CT molecular complexity index is 1210. The second-order valence-corrected chi connectivity index (χ2v) is 11.0. The average molecular weight is 461 g/mol. The number of nitrogens with zero attached hydrogens (tertiary/aromatic N) is 6. The molecule has 0 atom stereocenters. The number of aryl methyl sites for hydroxylation is 3. The van der Waals surface area contributed by atoms with Gasteiger partial charge in [-0.3, -0.25) is 4.68 Å². The number of benzene rings is 1. The molecule has 3 heterocycles. The number of sulfonamides is 1. The van der Waals surface area contributed by atoms with Crippen molar-refractivity contribution in [3.63, 3.8) is 0 Å². The van der Waals surface area contributed by atoms with Gasteiger partial charge in [-0.05, 0) is 49.8 Å². The van der Waals surface area contributed by atoms with Crippen molar-refractivity contribution < 1.29 is 8.42 Å². The maximum Gasteiger partial charge on any atom is 0.243 e. The second-order valence-electron chi connectivity index (χ2n) is 7.79. The molecule has 10 heteroatoms. The molecular formula is C21H28N6O2S2. The van der Waals surface area contributed by atoms with Gasteiger partial charge < -0.3 is 4.57 Å². The van der Waals surface area contributed by atoms with Crippen LogP contribution in [0.15, 0.2) is 28.3 Å². The third kappa shape index (κ3) is 3.92. The van der Waals surface area contributed by atoms with Gasteiger partial charge in [0.2, 0.25) is 10.0 Å². The number of fused-ring (bicyclic) bond motifs is 1. The predicted molar refractivity (Wildman–Crippen MR) is 122 cm³/mol. The van der Waals surface area contributed by atoms with Crippen LogP contribution in [-0.4, -0.2) is 49.6 Å². The first-order valence-electron chi connectivity index (χ1n) is 10.5. The van der Waals surface area contributed by atoms with E-state index in [1.54, 1.807) is 28.2 Å². The zero-order valence-corrected chi connectivity index (χ0v) is 20.2. The Hall–Kier alpha value is -2.17. The Kier molecular flexibility index (Phi) is 5.97. The van der Waals surface area contributed by atoms with Crippen LogP contribution in [-0.2, 0) is 36.6 Å². The molecule has 0 fully saturated rings. The van der Waals surface area contributed by atoms with Gasteiger partial charge in [-0.2, -0.15) is 9.40 Å². The molecule has 0 radical (unpaired) electrons. The summed E-state index contributed by atoms with van der Waals surface area (Å²) in [5.41, 5.74) is 4.56. The van der Waals surface area contributed by atoms with E-state index in [2.05, 4.69) is 24.0 Å². The Labute approximate surface area is 187 Å². The molecule has 1 aromatic carbocycles. The van der Waals surface area contributed by atoms with Crippen LogP contribution in [0.2, 0.25) is 0 Å². The predicted octanol–water partition coefficient (Wildman–Crippen LogP) is 3.17. The minimum Gasteiger partial charge on any atom is -0.301 e. The van der Waals surface area contributed by atoms with Crippen molar-refractivity contribution in [1.29, 1.82) is 0 Å². The molecule has 0 spiro atoms. The van der Waals surface area contributed by atoms with Crippen molar-refractivity contribution in [3.05, 3.63) is 40.6 Å². The molecular weight excluding hydrogens is 432 g/mol. The van der Waals surface area contributed by atoms with Crippen molar-refractivity contribution in [2.45, 2.75) is 57.3 Å². The Morgan fingerprint density at radius 2 is 1.81 bits per heavy atom. The number of hydrogen-bond acceptors (Lipinski definition) is 6. The number of rotatable bonds is 6. The quantitative estimate of drug-likeness (QED) is 0.525. The van der Waals surface area contributed by atoms with Crippen molar-refractivity contribution in [2.24, 2.45) is 7.05 Å².